The highest BCUT2D eigenvalue weighted by atomic mass is 16.5. The highest BCUT2D eigenvalue weighted by Crippen LogP contribution is 2.12. The van der Waals surface area contributed by atoms with Crippen molar-refractivity contribution < 1.29 is 53.2 Å². The van der Waals surface area contributed by atoms with Crippen molar-refractivity contribution in [2.24, 2.45) is 5.73 Å². The van der Waals surface area contributed by atoms with Gasteiger partial charge in [0.2, 0.25) is 23.6 Å². The molecule has 0 bridgehead atoms. The second kappa shape index (κ2) is 31.3. The maximum Gasteiger partial charge on any atom is 0.326 e. The van der Waals surface area contributed by atoms with E-state index in [1.807, 2.05) is 0 Å². The lowest BCUT2D eigenvalue weighted by atomic mass is 10.0. The number of nitrogens with one attached hydrogen (secondary N) is 4. The number of carbonyl (C=O) groups is 6. The lowest BCUT2D eigenvalue weighted by Gasteiger charge is -2.14. The van der Waals surface area contributed by atoms with E-state index < -0.39 is 18.0 Å². The number of amides is 4. The Labute approximate surface area is 277 Å². The van der Waals surface area contributed by atoms with Gasteiger partial charge >= 0.3 is 11.9 Å². The summed E-state index contributed by atoms with van der Waals surface area (Å²) in [6, 6.07) is -1.14. The third kappa shape index (κ3) is 31.0. The van der Waals surface area contributed by atoms with E-state index >= 15 is 0 Å². The summed E-state index contributed by atoms with van der Waals surface area (Å²) in [6.45, 7) is 1.82. The maximum absolute atomic E-state index is 12.2. The molecule has 16 heteroatoms. The van der Waals surface area contributed by atoms with Gasteiger partial charge in [-0.15, -0.1) is 0 Å². The number of carboxylic acid groups (broad SMARTS) is 2. The molecule has 0 unspecified atom stereocenters. The second-order valence-electron chi connectivity index (χ2n) is 11.0. The van der Waals surface area contributed by atoms with Gasteiger partial charge in [-0.05, 0) is 19.3 Å². The Kier molecular flexibility index (Phi) is 29.0. The van der Waals surface area contributed by atoms with Crippen LogP contribution in [0.4, 0.5) is 0 Å². The SMILES string of the molecule is NCC(=O)NCCOCCNC(=O)COCCOCCNC(=O)CC[C@H](NC(=O)CCCCCCCCCCCCC(=O)O)C(=O)O. The fourth-order valence-corrected chi connectivity index (χ4v) is 4.26. The Balaban J connectivity index is 3.71. The number of ether oxygens (including phenoxy) is 3. The molecular weight excluding hydrogens is 618 g/mol. The molecule has 0 saturated carbocycles. The molecule has 272 valence electrons. The van der Waals surface area contributed by atoms with Crippen molar-refractivity contribution in [3.63, 3.8) is 0 Å². The minimum absolute atomic E-state index is 0.0287. The molecular formula is C31H57N5O11. The van der Waals surface area contributed by atoms with Crippen LogP contribution in [0.25, 0.3) is 0 Å². The minimum atomic E-state index is -1.19. The van der Waals surface area contributed by atoms with Gasteiger partial charge in [0.25, 0.3) is 0 Å². The first kappa shape index (κ1) is 43.7. The van der Waals surface area contributed by atoms with Gasteiger partial charge in [-0.3, -0.25) is 24.0 Å². The fourth-order valence-electron chi connectivity index (χ4n) is 4.26. The highest BCUT2D eigenvalue weighted by molar-refractivity contribution is 5.84. The molecule has 0 aliphatic rings. The van der Waals surface area contributed by atoms with Gasteiger partial charge in [-0.1, -0.05) is 51.4 Å². The van der Waals surface area contributed by atoms with E-state index in [0.717, 1.165) is 57.8 Å². The number of nitrogens with two attached hydrogens (primary N) is 1. The third-order valence-electron chi connectivity index (χ3n) is 6.83. The first-order chi connectivity index (χ1) is 22.6. The Morgan fingerprint density at radius 3 is 1.53 bits per heavy atom. The summed E-state index contributed by atoms with van der Waals surface area (Å²) < 4.78 is 15.8. The molecule has 0 aromatic rings. The lowest BCUT2D eigenvalue weighted by Crippen LogP contribution is -2.41. The van der Waals surface area contributed by atoms with Gasteiger partial charge in [0.05, 0.1) is 39.6 Å². The van der Waals surface area contributed by atoms with Crippen LogP contribution in [0.3, 0.4) is 0 Å². The first-order valence-electron chi connectivity index (χ1n) is 16.6. The van der Waals surface area contributed by atoms with Crippen LogP contribution in [0.2, 0.25) is 0 Å². The van der Waals surface area contributed by atoms with Crippen LogP contribution in [0.1, 0.15) is 89.9 Å². The van der Waals surface area contributed by atoms with Gasteiger partial charge in [0, 0.05) is 38.9 Å². The van der Waals surface area contributed by atoms with E-state index in [0.29, 0.717) is 26.1 Å². The number of hydrogen-bond acceptors (Lipinski definition) is 10. The van der Waals surface area contributed by atoms with Gasteiger partial charge in [-0.25, -0.2) is 4.79 Å². The Hall–Kier alpha value is -3.34. The van der Waals surface area contributed by atoms with Crippen molar-refractivity contribution in [2.75, 3.05) is 65.8 Å². The number of carboxylic acids is 2. The third-order valence-corrected chi connectivity index (χ3v) is 6.83. The molecule has 0 rings (SSSR count). The molecule has 0 radical (unpaired) electrons. The average Bonchev–Trinajstić information content (AvgIpc) is 3.03. The lowest BCUT2D eigenvalue weighted by molar-refractivity contribution is -0.142. The zero-order chi connectivity index (χ0) is 35.0. The van der Waals surface area contributed by atoms with Crippen molar-refractivity contribution in [1.29, 1.82) is 0 Å². The molecule has 0 aliphatic heterocycles. The van der Waals surface area contributed by atoms with Crippen molar-refractivity contribution in [3.8, 4) is 0 Å². The summed E-state index contributed by atoms with van der Waals surface area (Å²) in [4.78, 5) is 69.0. The molecule has 47 heavy (non-hydrogen) atoms. The van der Waals surface area contributed by atoms with Crippen LogP contribution < -0.4 is 27.0 Å². The zero-order valence-electron chi connectivity index (χ0n) is 27.7. The van der Waals surface area contributed by atoms with Gasteiger partial charge < -0.3 is 51.4 Å². The van der Waals surface area contributed by atoms with E-state index in [4.69, 9.17) is 25.1 Å². The van der Waals surface area contributed by atoms with Crippen molar-refractivity contribution >= 4 is 35.6 Å². The summed E-state index contributed by atoms with van der Waals surface area (Å²) in [5.74, 6) is -3.21. The summed E-state index contributed by atoms with van der Waals surface area (Å²) in [5, 5.41) is 28.4. The molecule has 0 heterocycles. The predicted octanol–water partition coefficient (Wildman–Crippen LogP) is 0.459. The molecule has 0 fully saturated rings. The highest BCUT2D eigenvalue weighted by Gasteiger charge is 2.20. The number of carbonyl (C=O) groups excluding carboxylic acids is 4. The number of aliphatic carboxylic acids is 2. The Morgan fingerprint density at radius 2 is 1.00 bits per heavy atom. The standard InChI is InChI=1S/C31H57N5O11/c32-23-28(39)34-16-18-45-19-17-35-29(40)24-47-22-21-46-20-15-33-26(37)14-13-25(31(43)44)36-27(38)11-9-7-5-3-1-2-4-6-8-10-12-30(41)42/h25H,1-24,32H2,(H,33,37)(H,34,39)(H,35,40)(H,36,38)(H,41,42)(H,43,44)/t25-/m0/s1. The number of hydrogen-bond donors (Lipinski definition) is 7. The smallest absolute Gasteiger partial charge is 0.326 e. The van der Waals surface area contributed by atoms with E-state index in [1.54, 1.807) is 0 Å². The molecule has 0 aliphatic carbocycles. The van der Waals surface area contributed by atoms with Crippen molar-refractivity contribution in [1.82, 2.24) is 21.3 Å². The van der Waals surface area contributed by atoms with Gasteiger partial charge in [0.1, 0.15) is 12.6 Å². The Bertz CT molecular complexity index is 892. The number of rotatable bonds is 33. The fraction of sp³-hybridized carbons (Fsp3) is 0.806. The maximum atomic E-state index is 12.2. The van der Waals surface area contributed by atoms with Crippen LogP contribution in [0, 0.1) is 0 Å². The van der Waals surface area contributed by atoms with E-state index in [-0.39, 0.29) is 95.4 Å². The van der Waals surface area contributed by atoms with Gasteiger partial charge in [-0.2, -0.15) is 0 Å². The van der Waals surface area contributed by atoms with Crippen LogP contribution in [0.15, 0.2) is 0 Å². The van der Waals surface area contributed by atoms with Crippen molar-refractivity contribution in [2.45, 2.75) is 95.9 Å². The van der Waals surface area contributed by atoms with E-state index in [1.165, 1.54) is 0 Å². The van der Waals surface area contributed by atoms with Crippen LogP contribution in [-0.2, 0) is 43.0 Å². The minimum Gasteiger partial charge on any atom is -0.481 e. The van der Waals surface area contributed by atoms with Crippen LogP contribution in [0.5, 0.6) is 0 Å². The van der Waals surface area contributed by atoms with E-state index in [9.17, 15) is 33.9 Å². The second-order valence-corrected chi connectivity index (χ2v) is 11.0. The van der Waals surface area contributed by atoms with Crippen LogP contribution >= 0.6 is 0 Å². The molecule has 0 aromatic carbocycles. The summed E-state index contributed by atoms with van der Waals surface area (Å²) in [5.41, 5.74) is 5.16. The molecule has 0 aromatic heterocycles. The summed E-state index contributed by atoms with van der Waals surface area (Å²) >= 11 is 0. The Morgan fingerprint density at radius 1 is 0.532 bits per heavy atom. The molecule has 0 spiro atoms. The average molecular weight is 676 g/mol. The summed E-state index contributed by atoms with van der Waals surface area (Å²) in [6.07, 6.45) is 10.1. The summed E-state index contributed by atoms with van der Waals surface area (Å²) in [7, 11) is 0. The molecule has 16 nitrogen and oxygen atoms in total. The number of unbranched alkanes of at least 4 members (excludes halogenated alkanes) is 9. The topological polar surface area (TPSA) is 245 Å². The monoisotopic (exact) mass is 675 g/mol. The quantitative estimate of drug-likeness (QED) is 0.0469. The largest absolute Gasteiger partial charge is 0.481 e. The predicted molar refractivity (Wildman–Crippen MR) is 172 cm³/mol. The van der Waals surface area contributed by atoms with Crippen molar-refractivity contribution in [3.05, 3.63) is 0 Å². The first-order valence-corrected chi connectivity index (χ1v) is 16.6. The normalized spacial score (nSPS) is 11.4. The zero-order valence-corrected chi connectivity index (χ0v) is 27.7. The molecule has 0 saturated heterocycles. The van der Waals surface area contributed by atoms with Gasteiger partial charge in [0.15, 0.2) is 0 Å². The molecule has 1 atom stereocenters. The van der Waals surface area contributed by atoms with E-state index in [2.05, 4.69) is 21.3 Å². The molecule has 4 amide bonds. The molecule has 8 N–H and O–H groups in total. The van der Waals surface area contributed by atoms with Crippen LogP contribution in [-0.4, -0.2) is 118 Å².